The van der Waals surface area contributed by atoms with E-state index in [-0.39, 0.29) is 5.41 Å². The van der Waals surface area contributed by atoms with Crippen LogP contribution < -0.4 is 4.90 Å². The van der Waals surface area contributed by atoms with Gasteiger partial charge in [0.05, 0.1) is 5.52 Å². The molecule has 1 aromatic heterocycles. The summed E-state index contributed by atoms with van der Waals surface area (Å²) < 4.78 is 0. The largest absolute Gasteiger partial charge is 0.354 e. The summed E-state index contributed by atoms with van der Waals surface area (Å²) in [6.45, 7) is 4.70. The lowest BCUT2D eigenvalue weighted by Gasteiger charge is -2.26. The maximum Gasteiger partial charge on any atom is 0.0544 e. The number of fused-ring (bicyclic) bond motifs is 6. The molecule has 1 aliphatic rings. The van der Waals surface area contributed by atoms with Crippen LogP contribution >= 0.6 is 0 Å². The zero-order valence-electron chi connectivity index (χ0n) is 29.8. The van der Waals surface area contributed by atoms with Crippen molar-refractivity contribution in [3.05, 3.63) is 199 Å². The molecule has 0 aliphatic heterocycles. The van der Waals surface area contributed by atoms with E-state index in [4.69, 9.17) is 0 Å². The average Bonchev–Trinajstić information content (AvgIpc) is 3.71. The minimum atomic E-state index is -0.0484. The molecule has 0 bridgehead atoms. The van der Waals surface area contributed by atoms with Gasteiger partial charge in [0.15, 0.2) is 0 Å². The van der Waals surface area contributed by atoms with E-state index in [0.717, 1.165) is 22.6 Å². The number of hydrogen-bond acceptors (Lipinski definition) is 1. The van der Waals surface area contributed by atoms with Crippen LogP contribution in [0.15, 0.2) is 188 Å². The van der Waals surface area contributed by atoms with Crippen molar-refractivity contribution in [2.24, 2.45) is 0 Å². The summed E-state index contributed by atoms with van der Waals surface area (Å²) in [5.74, 6) is 0. The molecule has 0 saturated carbocycles. The molecule has 1 heterocycles. The number of para-hydroxylation sites is 1. The Bertz CT molecular complexity index is 2690. The number of hydrogen-bond donors (Lipinski definition) is 1. The van der Waals surface area contributed by atoms with Gasteiger partial charge >= 0.3 is 0 Å². The lowest BCUT2D eigenvalue weighted by Crippen LogP contribution is -2.14. The first kappa shape index (κ1) is 31.1. The molecule has 1 N–H and O–H groups in total. The number of aromatic nitrogens is 1. The maximum absolute atomic E-state index is 3.86. The maximum atomic E-state index is 3.86. The fourth-order valence-corrected chi connectivity index (χ4v) is 8.57. The molecule has 0 saturated heterocycles. The van der Waals surface area contributed by atoms with E-state index >= 15 is 0 Å². The Morgan fingerprint density at radius 2 is 0.906 bits per heavy atom. The molecule has 0 spiro atoms. The summed E-state index contributed by atoms with van der Waals surface area (Å²) in [6, 6.07) is 68.3. The molecule has 0 radical (unpaired) electrons. The van der Waals surface area contributed by atoms with Crippen molar-refractivity contribution in [3.63, 3.8) is 0 Å². The van der Waals surface area contributed by atoms with E-state index in [9.17, 15) is 0 Å². The Labute approximate surface area is 310 Å². The predicted octanol–water partition coefficient (Wildman–Crippen LogP) is 14.1. The van der Waals surface area contributed by atoms with Crippen molar-refractivity contribution >= 4 is 38.9 Å². The summed E-state index contributed by atoms with van der Waals surface area (Å²) in [5.41, 5.74) is 18.4. The molecule has 0 amide bonds. The number of nitrogens with zero attached hydrogens (tertiary/aromatic N) is 1. The lowest BCUT2D eigenvalue weighted by molar-refractivity contribution is 0.660. The fourth-order valence-electron chi connectivity index (χ4n) is 8.57. The predicted molar refractivity (Wildman–Crippen MR) is 224 cm³/mol. The summed E-state index contributed by atoms with van der Waals surface area (Å²) in [4.78, 5) is 6.23. The Hall–Kier alpha value is -6.64. The van der Waals surface area contributed by atoms with Crippen LogP contribution in [0, 0.1) is 0 Å². The monoisotopic (exact) mass is 678 g/mol. The van der Waals surface area contributed by atoms with Crippen molar-refractivity contribution in [2.75, 3.05) is 4.90 Å². The van der Waals surface area contributed by atoms with Gasteiger partial charge in [0.25, 0.3) is 0 Å². The Morgan fingerprint density at radius 1 is 0.396 bits per heavy atom. The van der Waals surface area contributed by atoms with Crippen LogP contribution in [0.25, 0.3) is 66.3 Å². The van der Waals surface area contributed by atoms with E-state index in [2.05, 4.69) is 212 Å². The van der Waals surface area contributed by atoms with E-state index in [1.807, 2.05) is 0 Å². The van der Waals surface area contributed by atoms with E-state index in [0.29, 0.717) is 0 Å². The van der Waals surface area contributed by atoms with Crippen LogP contribution in [0.3, 0.4) is 0 Å². The highest BCUT2D eigenvalue weighted by Crippen LogP contribution is 2.53. The van der Waals surface area contributed by atoms with Gasteiger partial charge < -0.3 is 9.88 Å². The molecule has 9 aromatic rings. The quantitative estimate of drug-likeness (QED) is 0.185. The lowest BCUT2D eigenvalue weighted by atomic mass is 9.82. The van der Waals surface area contributed by atoms with Crippen LogP contribution in [-0.2, 0) is 5.41 Å². The van der Waals surface area contributed by atoms with Gasteiger partial charge in [-0.25, -0.2) is 0 Å². The molecule has 1 aliphatic carbocycles. The number of rotatable bonds is 6. The first-order valence-electron chi connectivity index (χ1n) is 18.4. The van der Waals surface area contributed by atoms with Crippen molar-refractivity contribution in [1.82, 2.24) is 4.98 Å². The van der Waals surface area contributed by atoms with E-state index in [1.54, 1.807) is 0 Å². The molecule has 53 heavy (non-hydrogen) atoms. The highest BCUT2D eigenvalue weighted by atomic mass is 15.1. The zero-order valence-corrected chi connectivity index (χ0v) is 29.8. The molecule has 2 nitrogen and oxygen atoms in total. The van der Waals surface area contributed by atoms with Crippen molar-refractivity contribution < 1.29 is 0 Å². The van der Waals surface area contributed by atoms with Gasteiger partial charge in [-0.3, -0.25) is 0 Å². The first-order chi connectivity index (χ1) is 26.0. The number of aromatic amines is 1. The zero-order chi connectivity index (χ0) is 35.5. The second-order valence-corrected chi connectivity index (χ2v) is 14.6. The highest BCUT2D eigenvalue weighted by molar-refractivity contribution is 6.14. The second-order valence-electron chi connectivity index (χ2n) is 14.6. The SMILES string of the molecule is CC1(C)c2ccccc2-c2c(-c3cccc4c3[nH]c3ccc(N(c5ccc(-c6ccccc6)cc5)c5ccc(-c6ccccc6)cc5)cc34)cccc21. The fraction of sp³-hybridized carbons (Fsp3) is 0.0588. The van der Waals surface area contributed by atoms with Gasteiger partial charge in [-0.2, -0.15) is 0 Å². The molecule has 252 valence electrons. The van der Waals surface area contributed by atoms with Crippen LogP contribution in [0.5, 0.6) is 0 Å². The normalized spacial score (nSPS) is 12.9. The van der Waals surface area contributed by atoms with Gasteiger partial charge in [-0.15, -0.1) is 0 Å². The summed E-state index contributed by atoms with van der Waals surface area (Å²) in [5, 5.41) is 2.43. The number of benzene rings is 8. The Balaban J connectivity index is 1.12. The van der Waals surface area contributed by atoms with Crippen molar-refractivity contribution in [2.45, 2.75) is 19.3 Å². The number of nitrogens with one attached hydrogen (secondary N) is 1. The second kappa shape index (κ2) is 12.3. The molecule has 8 aromatic carbocycles. The van der Waals surface area contributed by atoms with Crippen LogP contribution in [-0.4, -0.2) is 4.98 Å². The molecule has 2 heteroatoms. The van der Waals surface area contributed by atoms with Crippen LogP contribution in [0.4, 0.5) is 17.1 Å². The number of anilines is 3. The smallest absolute Gasteiger partial charge is 0.0544 e. The molecular formula is C51H38N2. The van der Waals surface area contributed by atoms with Crippen molar-refractivity contribution in [3.8, 4) is 44.5 Å². The molecule has 10 rings (SSSR count). The summed E-state index contributed by atoms with van der Waals surface area (Å²) >= 11 is 0. The van der Waals surface area contributed by atoms with Crippen LogP contribution in [0.1, 0.15) is 25.0 Å². The minimum absolute atomic E-state index is 0.0484. The summed E-state index contributed by atoms with van der Waals surface area (Å²) in [6.07, 6.45) is 0. The van der Waals surface area contributed by atoms with Gasteiger partial charge in [0.2, 0.25) is 0 Å². The average molecular weight is 679 g/mol. The third-order valence-corrected chi connectivity index (χ3v) is 11.2. The van der Waals surface area contributed by atoms with E-state index in [1.165, 1.54) is 71.9 Å². The summed E-state index contributed by atoms with van der Waals surface area (Å²) in [7, 11) is 0. The van der Waals surface area contributed by atoms with Crippen molar-refractivity contribution in [1.29, 1.82) is 0 Å². The number of H-pyrrole nitrogens is 1. The molecule has 0 atom stereocenters. The highest BCUT2D eigenvalue weighted by Gasteiger charge is 2.36. The van der Waals surface area contributed by atoms with Gasteiger partial charge in [-0.1, -0.05) is 159 Å². The standard InChI is InChI=1S/C51H38N2/c1-51(2)46-21-10-9-17-44(46)49-41(18-12-22-47(49)51)42-19-11-20-43-45-33-40(31-32-48(45)52-50(42)43)53(38-27-23-36(24-28-38)34-13-5-3-6-14-34)39-29-25-37(26-30-39)35-15-7-4-8-16-35/h3-33,52H,1-2H3. The first-order valence-corrected chi connectivity index (χ1v) is 18.4. The Morgan fingerprint density at radius 3 is 1.57 bits per heavy atom. The Kier molecular flexibility index (Phi) is 7.19. The van der Waals surface area contributed by atoms with Crippen LogP contribution in [0.2, 0.25) is 0 Å². The minimum Gasteiger partial charge on any atom is -0.354 e. The molecule has 0 unspecified atom stereocenters. The van der Waals surface area contributed by atoms with Gasteiger partial charge in [0, 0.05) is 44.3 Å². The van der Waals surface area contributed by atoms with E-state index < -0.39 is 0 Å². The molecule has 0 fully saturated rings. The van der Waals surface area contributed by atoms with Gasteiger partial charge in [0.1, 0.15) is 0 Å². The molecular weight excluding hydrogens is 641 g/mol. The third kappa shape index (κ3) is 5.10. The third-order valence-electron chi connectivity index (χ3n) is 11.2. The van der Waals surface area contributed by atoms with Gasteiger partial charge in [-0.05, 0) is 92.5 Å². The topological polar surface area (TPSA) is 19.0 Å².